The number of rotatable bonds is 4. The van der Waals surface area contributed by atoms with Gasteiger partial charge in [-0.05, 0) is 26.0 Å². The topological polar surface area (TPSA) is 97.9 Å². The number of carbonyl (C=O) groups excluding carboxylic acids is 3. The summed E-state index contributed by atoms with van der Waals surface area (Å²) >= 11 is 0. The van der Waals surface area contributed by atoms with E-state index in [-0.39, 0.29) is 30.1 Å². The van der Waals surface area contributed by atoms with Gasteiger partial charge in [-0.25, -0.2) is 9.18 Å². The number of nitrogens with one attached hydrogen (secondary N) is 2. The number of aromatic amines is 1. The van der Waals surface area contributed by atoms with Crippen molar-refractivity contribution in [2.75, 3.05) is 26.2 Å². The number of fused-ring (bicyclic) bond motifs is 1. The lowest BCUT2D eigenvalue weighted by molar-refractivity contribution is -0.127. The molecule has 1 aliphatic heterocycles. The number of amidine groups is 1. The lowest BCUT2D eigenvalue weighted by Crippen LogP contribution is -2.52. The van der Waals surface area contributed by atoms with Crippen molar-refractivity contribution in [1.82, 2.24) is 20.1 Å². The van der Waals surface area contributed by atoms with Crippen LogP contribution in [0.25, 0.3) is 10.9 Å². The number of aromatic nitrogens is 1. The molecule has 0 spiro atoms. The van der Waals surface area contributed by atoms with Gasteiger partial charge in [-0.3, -0.25) is 9.59 Å². The summed E-state index contributed by atoms with van der Waals surface area (Å²) < 4.78 is 14.3. The summed E-state index contributed by atoms with van der Waals surface area (Å²) in [4.78, 5) is 48.7. The second kappa shape index (κ2) is 9.86. The number of hydrogen-bond acceptors (Lipinski definition) is 3. The number of hydrogen-bond donors (Lipinski definition) is 2. The molecule has 3 amide bonds. The Balaban J connectivity index is 1.49. The number of amides is 3. The molecule has 2 aromatic carbocycles. The zero-order valence-electron chi connectivity index (χ0n) is 19.0. The van der Waals surface area contributed by atoms with Crippen molar-refractivity contribution in [1.29, 1.82) is 0 Å². The maximum absolute atomic E-state index is 14.3. The highest BCUT2D eigenvalue weighted by Crippen LogP contribution is 2.23. The summed E-state index contributed by atoms with van der Waals surface area (Å²) in [7, 11) is 0. The van der Waals surface area contributed by atoms with Crippen molar-refractivity contribution in [3.63, 3.8) is 0 Å². The SMILES string of the molecule is CC(C)NC(=O)N=C(c1ccccc1)N1CCN(C(=O)C(=O)c2c[nH]c3cccc(F)c23)CC1. The molecule has 1 saturated heterocycles. The van der Waals surface area contributed by atoms with Gasteiger partial charge < -0.3 is 20.1 Å². The van der Waals surface area contributed by atoms with Crippen LogP contribution >= 0.6 is 0 Å². The van der Waals surface area contributed by atoms with Crippen LogP contribution in [-0.2, 0) is 4.79 Å². The summed E-state index contributed by atoms with van der Waals surface area (Å²) in [5, 5.41) is 2.88. The predicted molar refractivity (Wildman–Crippen MR) is 127 cm³/mol. The molecule has 0 bridgehead atoms. The smallest absolute Gasteiger partial charge is 0.343 e. The molecular weight excluding hydrogens is 437 g/mol. The second-order valence-electron chi connectivity index (χ2n) is 8.38. The number of piperazine rings is 1. The standard InChI is InChI=1S/C25H26FN5O3/c1-16(2)28-25(34)29-23(17-7-4-3-5-8-17)30-11-13-31(14-12-30)24(33)22(32)18-15-27-20-10-6-9-19(26)21(18)20/h3-10,15-16,27H,11-14H2,1-2H3,(H,28,34). The predicted octanol–water partition coefficient (Wildman–Crippen LogP) is 3.20. The molecule has 34 heavy (non-hydrogen) atoms. The summed E-state index contributed by atoms with van der Waals surface area (Å²) in [5.41, 5.74) is 1.27. The van der Waals surface area contributed by atoms with E-state index in [1.165, 1.54) is 23.2 Å². The minimum Gasteiger partial charge on any atom is -0.360 e. The molecule has 1 aliphatic rings. The van der Waals surface area contributed by atoms with Gasteiger partial charge in [0.15, 0.2) is 0 Å². The van der Waals surface area contributed by atoms with Gasteiger partial charge in [0.25, 0.3) is 11.7 Å². The molecule has 0 unspecified atom stereocenters. The Morgan fingerprint density at radius 3 is 2.32 bits per heavy atom. The maximum atomic E-state index is 14.3. The highest BCUT2D eigenvalue weighted by Gasteiger charge is 2.30. The van der Waals surface area contributed by atoms with Crippen LogP contribution in [0.15, 0.2) is 59.7 Å². The Labute approximate surface area is 196 Å². The van der Waals surface area contributed by atoms with Crippen LogP contribution in [-0.4, -0.2) is 70.6 Å². The third-order valence-corrected chi connectivity index (χ3v) is 5.61. The molecule has 4 rings (SSSR count). The van der Waals surface area contributed by atoms with E-state index in [0.717, 1.165) is 5.56 Å². The first-order chi connectivity index (χ1) is 16.3. The van der Waals surface area contributed by atoms with Crippen LogP contribution in [0.4, 0.5) is 9.18 Å². The highest BCUT2D eigenvalue weighted by atomic mass is 19.1. The number of nitrogens with zero attached hydrogens (tertiary/aromatic N) is 3. The summed E-state index contributed by atoms with van der Waals surface area (Å²) in [6, 6.07) is 13.3. The first-order valence-corrected chi connectivity index (χ1v) is 11.1. The average Bonchev–Trinajstić information content (AvgIpc) is 3.27. The van der Waals surface area contributed by atoms with E-state index in [1.807, 2.05) is 49.1 Å². The Morgan fingerprint density at radius 2 is 1.65 bits per heavy atom. The van der Waals surface area contributed by atoms with Crippen LogP contribution in [0.1, 0.15) is 29.8 Å². The van der Waals surface area contributed by atoms with Crippen molar-refractivity contribution >= 4 is 34.5 Å². The van der Waals surface area contributed by atoms with Gasteiger partial charge in [0, 0.05) is 54.9 Å². The van der Waals surface area contributed by atoms with Gasteiger partial charge in [-0.2, -0.15) is 4.99 Å². The van der Waals surface area contributed by atoms with Crippen LogP contribution < -0.4 is 5.32 Å². The number of H-pyrrole nitrogens is 1. The molecule has 1 aromatic heterocycles. The van der Waals surface area contributed by atoms with Crippen LogP contribution in [0.3, 0.4) is 0 Å². The molecule has 0 saturated carbocycles. The van der Waals surface area contributed by atoms with Crippen LogP contribution in [0.2, 0.25) is 0 Å². The average molecular weight is 464 g/mol. The highest BCUT2D eigenvalue weighted by molar-refractivity contribution is 6.44. The molecule has 2 N–H and O–H groups in total. The van der Waals surface area contributed by atoms with Gasteiger partial charge in [0.05, 0.1) is 5.56 Å². The number of ketones is 1. The summed E-state index contributed by atoms with van der Waals surface area (Å²) in [6.45, 7) is 5.04. The molecule has 0 radical (unpaired) electrons. The Bertz CT molecular complexity index is 1240. The van der Waals surface area contributed by atoms with Crippen molar-refractivity contribution in [3.8, 4) is 0 Å². The van der Waals surface area contributed by atoms with E-state index < -0.39 is 23.5 Å². The summed E-state index contributed by atoms with van der Waals surface area (Å²) in [6.07, 6.45) is 1.37. The third kappa shape index (κ3) is 4.83. The summed E-state index contributed by atoms with van der Waals surface area (Å²) in [5.74, 6) is -1.48. The zero-order chi connectivity index (χ0) is 24.2. The van der Waals surface area contributed by atoms with E-state index in [0.29, 0.717) is 24.4 Å². The lowest BCUT2D eigenvalue weighted by atomic mass is 10.1. The maximum Gasteiger partial charge on any atom is 0.343 e. The van der Waals surface area contributed by atoms with Crippen molar-refractivity contribution in [3.05, 3.63) is 71.7 Å². The number of Topliss-reactive ketones (excluding diaryl/α,β-unsaturated/α-hetero) is 1. The first-order valence-electron chi connectivity index (χ1n) is 11.1. The molecular formula is C25H26FN5O3. The molecule has 0 atom stereocenters. The van der Waals surface area contributed by atoms with Gasteiger partial charge in [0.1, 0.15) is 11.7 Å². The fraction of sp³-hybridized carbons (Fsp3) is 0.280. The van der Waals surface area contributed by atoms with Crippen molar-refractivity contribution < 1.29 is 18.8 Å². The van der Waals surface area contributed by atoms with E-state index in [9.17, 15) is 18.8 Å². The monoisotopic (exact) mass is 463 g/mol. The number of carbonyl (C=O) groups is 3. The molecule has 1 fully saturated rings. The van der Waals surface area contributed by atoms with E-state index in [1.54, 1.807) is 6.07 Å². The minimum atomic E-state index is -0.752. The van der Waals surface area contributed by atoms with Crippen LogP contribution in [0, 0.1) is 5.82 Å². The number of urea groups is 1. The molecule has 8 nitrogen and oxygen atoms in total. The van der Waals surface area contributed by atoms with Gasteiger partial charge >= 0.3 is 6.03 Å². The molecule has 3 aromatic rings. The minimum absolute atomic E-state index is 0.0254. The van der Waals surface area contributed by atoms with Crippen molar-refractivity contribution in [2.45, 2.75) is 19.9 Å². The molecule has 176 valence electrons. The zero-order valence-corrected chi connectivity index (χ0v) is 19.0. The quantitative estimate of drug-likeness (QED) is 0.269. The lowest BCUT2D eigenvalue weighted by Gasteiger charge is -2.36. The van der Waals surface area contributed by atoms with E-state index >= 15 is 0 Å². The Morgan fingerprint density at radius 1 is 0.971 bits per heavy atom. The fourth-order valence-corrected chi connectivity index (χ4v) is 3.98. The van der Waals surface area contributed by atoms with E-state index in [4.69, 9.17) is 0 Å². The van der Waals surface area contributed by atoms with Crippen LogP contribution in [0.5, 0.6) is 0 Å². The molecule has 0 aliphatic carbocycles. The third-order valence-electron chi connectivity index (χ3n) is 5.61. The van der Waals surface area contributed by atoms with Crippen molar-refractivity contribution in [2.24, 2.45) is 4.99 Å². The normalized spacial score (nSPS) is 14.5. The van der Waals surface area contributed by atoms with E-state index in [2.05, 4.69) is 15.3 Å². The first kappa shape index (κ1) is 23.2. The number of halogens is 1. The molecule has 2 heterocycles. The molecule has 9 heteroatoms. The second-order valence-corrected chi connectivity index (χ2v) is 8.38. The van der Waals surface area contributed by atoms with Gasteiger partial charge in [0.2, 0.25) is 0 Å². The van der Waals surface area contributed by atoms with Gasteiger partial charge in [-0.1, -0.05) is 36.4 Å². The largest absolute Gasteiger partial charge is 0.360 e. The van der Waals surface area contributed by atoms with Gasteiger partial charge in [-0.15, -0.1) is 0 Å². The fourth-order valence-electron chi connectivity index (χ4n) is 3.98. The Hall–Kier alpha value is -4.01. The Kier molecular flexibility index (Phi) is 6.72. The number of benzene rings is 2. The number of aliphatic imine (C=N–C) groups is 1.